The molecular formula is C12H20N2O. The van der Waals surface area contributed by atoms with Crippen molar-refractivity contribution in [2.24, 2.45) is 0 Å². The maximum atomic E-state index is 9.59. The lowest BCUT2D eigenvalue weighted by molar-refractivity contribution is 0.133. The van der Waals surface area contributed by atoms with Gasteiger partial charge in [0.1, 0.15) is 0 Å². The standard InChI is InChI=1S/C12H20N2O/c1-8-5-10(13)7-11(6-8)14-12(3,4)9(2)15/h5-7,9,14-15H,13H2,1-4H3. The Bertz CT molecular complexity index is 325. The van der Waals surface area contributed by atoms with Gasteiger partial charge in [0.25, 0.3) is 0 Å². The van der Waals surface area contributed by atoms with Crippen molar-refractivity contribution in [3.05, 3.63) is 23.8 Å². The molecule has 0 aliphatic carbocycles. The van der Waals surface area contributed by atoms with E-state index >= 15 is 0 Å². The van der Waals surface area contributed by atoms with Crippen LogP contribution in [0.15, 0.2) is 18.2 Å². The Kier molecular flexibility index (Phi) is 3.25. The highest BCUT2D eigenvalue weighted by molar-refractivity contribution is 5.57. The molecule has 0 aliphatic rings. The number of rotatable bonds is 3. The van der Waals surface area contributed by atoms with Gasteiger partial charge in [0.15, 0.2) is 0 Å². The molecule has 1 rings (SSSR count). The van der Waals surface area contributed by atoms with Crippen LogP contribution in [-0.2, 0) is 0 Å². The number of nitrogens with one attached hydrogen (secondary N) is 1. The summed E-state index contributed by atoms with van der Waals surface area (Å²) in [7, 11) is 0. The number of aliphatic hydroxyl groups excluding tert-OH is 1. The van der Waals surface area contributed by atoms with Gasteiger partial charge in [-0.3, -0.25) is 0 Å². The van der Waals surface area contributed by atoms with Gasteiger partial charge in [0.2, 0.25) is 0 Å². The Morgan fingerprint density at radius 1 is 1.33 bits per heavy atom. The molecule has 0 amide bonds. The summed E-state index contributed by atoms with van der Waals surface area (Å²) >= 11 is 0. The number of hydrogen-bond acceptors (Lipinski definition) is 3. The van der Waals surface area contributed by atoms with Crippen LogP contribution >= 0.6 is 0 Å². The Labute approximate surface area is 91.3 Å². The summed E-state index contributed by atoms with van der Waals surface area (Å²) in [6.45, 7) is 7.68. The minimum atomic E-state index is -0.431. The molecule has 4 N–H and O–H groups in total. The van der Waals surface area contributed by atoms with Gasteiger partial charge in [0.05, 0.1) is 11.6 Å². The minimum Gasteiger partial charge on any atom is -0.399 e. The van der Waals surface area contributed by atoms with E-state index < -0.39 is 6.10 Å². The zero-order valence-corrected chi connectivity index (χ0v) is 9.83. The van der Waals surface area contributed by atoms with Crippen LogP contribution in [0, 0.1) is 6.92 Å². The zero-order valence-electron chi connectivity index (χ0n) is 9.83. The van der Waals surface area contributed by atoms with Crippen LogP contribution in [0.25, 0.3) is 0 Å². The largest absolute Gasteiger partial charge is 0.399 e. The third kappa shape index (κ3) is 3.13. The summed E-state index contributed by atoms with van der Waals surface area (Å²) in [4.78, 5) is 0. The van der Waals surface area contributed by atoms with Crippen molar-refractivity contribution in [2.75, 3.05) is 11.1 Å². The number of anilines is 2. The second kappa shape index (κ2) is 4.11. The van der Waals surface area contributed by atoms with E-state index in [1.165, 1.54) is 0 Å². The molecule has 0 saturated carbocycles. The first-order valence-corrected chi connectivity index (χ1v) is 5.14. The molecule has 0 radical (unpaired) electrons. The molecule has 3 heteroatoms. The van der Waals surface area contributed by atoms with E-state index in [9.17, 15) is 5.11 Å². The van der Waals surface area contributed by atoms with Crippen molar-refractivity contribution in [1.82, 2.24) is 0 Å². The van der Waals surface area contributed by atoms with Gasteiger partial charge in [-0.15, -0.1) is 0 Å². The SMILES string of the molecule is Cc1cc(N)cc(NC(C)(C)C(C)O)c1. The van der Waals surface area contributed by atoms with Gasteiger partial charge in [-0.05, 0) is 51.5 Å². The van der Waals surface area contributed by atoms with E-state index in [-0.39, 0.29) is 5.54 Å². The van der Waals surface area contributed by atoms with E-state index in [0.717, 1.165) is 16.9 Å². The van der Waals surface area contributed by atoms with E-state index in [4.69, 9.17) is 5.73 Å². The summed E-state index contributed by atoms with van der Waals surface area (Å²) in [5.41, 5.74) is 8.18. The molecule has 0 spiro atoms. The lowest BCUT2D eigenvalue weighted by atomic mass is 9.98. The molecule has 0 aliphatic heterocycles. The highest BCUT2D eigenvalue weighted by Crippen LogP contribution is 2.21. The second-order valence-corrected chi connectivity index (χ2v) is 4.66. The normalized spacial score (nSPS) is 13.7. The smallest absolute Gasteiger partial charge is 0.0736 e. The zero-order chi connectivity index (χ0) is 11.6. The molecule has 15 heavy (non-hydrogen) atoms. The number of aryl methyl sites for hydroxylation is 1. The fraction of sp³-hybridized carbons (Fsp3) is 0.500. The molecular weight excluding hydrogens is 188 g/mol. The van der Waals surface area contributed by atoms with Gasteiger partial charge >= 0.3 is 0 Å². The second-order valence-electron chi connectivity index (χ2n) is 4.66. The molecule has 1 aromatic carbocycles. The first kappa shape index (κ1) is 11.9. The highest BCUT2D eigenvalue weighted by Gasteiger charge is 2.23. The van der Waals surface area contributed by atoms with Crippen molar-refractivity contribution in [2.45, 2.75) is 39.3 Å². The van der Waals surface area contributed by atoms with Crippen molar-refractivity contribution in [3.63, 3.8) is 0 Å². The Balaban J connectivity index is 2.89. The van der Waals surface area contributed by atoms with Gasteiger partial charge in [-0.1, -0.05) is 0 Å². The van der Waals surface area contributed by atoms with Crippen LogP contribution in [0.2, 0.25) is 0 Å². The summed E-state index contributed by atoms with van der Waals surface area (Å²) < 4.78 is 0. The molecule has 0 bridgehead atoms. The summed E-state index contributed by atoms with van der Waals surface area (Å²) in [5, 5.41) is 12.9. The van der Waals surface area contributed by atoms with Crippen molar-refractivity contribution in [1.29, 1.82) is 0 Å². The third-order valence-electron chi connectivity index (χ3n) is 2.61. The van der Waals surface area contributed by atoms with Gasteiger partial charge < -0.3 is 16.2 Å². The Morgan fingerprint density at radius 3 is 2.40 bits per heavy atom. The van der Waals surface area contributed by atoms with Crippen molar-refractivity contribution >= 4 is 11.4 Å². The summed E-state index contributed by atoms with van der Waals surface area (Å²) in [6, 6.07) is 5.80. The van der Waals surface area contributed by atoms with Crippen LogP contribution in [-0.4, -0.2) is 16.7 Å². The maximum Gasteiger partial charge on any atom is 0.0736 e. The number of nitrogen functional groups attached to an aromatic ring is 1. The molecule has 0 aromatic heterocycles. The van der Waals surface area contributed by atoms with E-state index in [1.54, 1.807) is 6.92 Å². The van der Waals surface area contributed by atoms with E-state index in [2.05, 4.69) is 5.32 Å². The van der Waals surface area contributed by atoms with E-state index in [0.29, 0.717) is 0 Å². The van der Waals surface area contributed by atoms with Gasteiger partial charge in [-0.25, -0.2) is 0 Å². The molecule has 1 unspecified atom stereocenters. The predicted octanol–water partition coefficient (Wildman–Crippen LogP) is 2.15. The molecule has 84 valence electrons. The predicted molar refractivity (Wildman–Crippen MR) is 65.0 cm³/mol. The number of benzene rings is 1. The monoisotopic (exact) mass is 208 g/mol. The quantitative estimate of drug-likeness (QED) is 0.667. The number of hydrogen-bond donors (Lipinski definition) is 3. The fourth-order valence-electron chi connectivity index (χ4n) is 1.36. The highest BCUT2D eigenvalue weighted by atomic mass is 16.3. The first-order chi connectivity index (χ1) is 6.81. The lowest BCUT2D eigenvalue weighted by Gasteiger charge is -2.30. The molecule has 0 fully saturated rings. The summed E-state index contributed by atoms with van der Waals surface area (Å²) in [5.74, 6) is 0. The maximum absolute atomic E-state index is 9.59. The van der Waals surface area contributed by atoms with Crippen LogP contribution in [0.5, 0.6) is 0 Å². The first-order valence-electron chi connectivity index (χ1n) is 5.14. The van der Waals surface area contributed by atoms with Gasteiger partial charge in [0, 0.05) is 11.4 Å². The molecule has 0 heterocycles. The van der Waals surface area contributed by atoms with Crippen LogP contribution in [0.1, 0.15) is 26.3 Å². The van der Waals surface area contributed by atoms with Crippen LogP contribution in [0.3, 0.4) is 0 Å². The Morgan fingerprint density at radius 2 is 1.93 bits per heavy atom. The number of nitrogens with two attached hydrogens (primary N) is 1. The summed E-state index contributed by atoms with van der Waals surface area (Å²) in [6.07, 6.45) is -0.431. The molecule has 1 atom stereocenters. The lowest BCUT2D eigenvalue weighted by Crippen LogP contribution is -2.41. The van der Waals surface area contributed by atoms with Crippen molar-refractivity contribution in [3.8, 4) is 0 Å². The van der Waals surface area contributed by atoms with Crippen LogP contribution < -0.4 is 11.1 Å². The van der Waals surface area contributed by atoms with E-state index in [1.807, 2.05) is 39.0 Å². The number of aliphatic hydroxyl groups is 1. The average Bonchev–Trinajstić information content (AvgIpc) is 1.99. The Hall–Kier alpha value is -1.22. The molecule has 3 nitrogen and oxygen atoms in total. The van der Waals surface area contributed by atoms with Crippen LogP contribution in [0.4, 0.5) is 11.4 Å². The fourth-order valence-corrected chi connectivity index (χ4v) is 1.36. The average molecular weight is 208 g/mol. The molecule has 1 aromatic rings. The van der Waals surface area contributed by atoms with Gasteiger partial charge in [-0.2, -0.15) is 0 Å². The molecule has 0 saturated heterocycles. The third-order valence-corrected chi connectivity index (χ3v) is 2.61. The van der Waals surface area contributed by atoms with Crippen molar-refractivity contribution < 1.29 is 5.11 Å². The minimum absolute atomic E-state index is 0.361. The topological polar surface area (TPSA) is 58.3 Å².